The van der Waals surface area contributed by atoms with Crippen LogP contribution in [0, 0.1) is 16.5 Å². The third-order valence-corrected chi connectivity index (χ3v) is 5.38. The minimum absolute atomic E-state index is 0.0117. The standard InChI is InChI=1S/C23H23F2N7O4/c1-31-10-13(8-27-31)16-9-26-15-5-6-19(32(23(15)28-16)11-14(30-33)12-34-2)29-22-20(24)17(35-3)7-18(36-4)21(22)25/h5-10,14H,11-12H2,1-4H3. The van der Waals surface area contributed by atoms with Crippen molar-refractivity contribution >= 4 is 16.9 Å². The van der Waals surface area contributed by atoms with E-state index < -0.39 is 23.4 Å². The first-order valence-corrected chi connectivity index (χ1v) is 10.7. The minimum atomic E-state index is -1.01. The molecule has 36 heavy (non-hydrogen) atoms. The van der Waals surface area contributed by atoms with Gasteiger partial charge in [-0.05, 0) is 12.1 Å². The summed E-state index contributed by atoms with van der Waals surface area (Å²) in [5.74, 6) is -2.52. The molecule has 0 saturated heterocycles. The summed E-state index contributed by atoms with van der Waals surface area (Å²) in [7, 11) is 5.70. The smallest absolute Gasteiger partial charge is 0.193 e. The number of rotatable bonds is 9. The van der Waals surface area contributed by atoms with E-state index in [0.717, 1.165) is 6.07 Å². The van der Waals surface area contributed by atoms with Crippen LogP contribution in [0.5, 0.6) is 11.5 Å². The minimum Gasteiger partial charge on any atom is -0.493 e. The molecule has 0 bridgehead atoms. The number of halogens is 2. The van der Waals surface area contributed by atoms with Crippen LogP contribution in [0.4, 0.5) is 14.5 Å². The van der Waals surface area contributed by atoms with Crippen LogP contribution in [0.1, 0.15) is 0 Å². The fraction of sp³-hybridized carbons (Fsp3) is 0.304. The first-order valence-electron chi connectivity index (χ1n) is 10.7. The Kier molecular flexibility index (Phi) is 7.29. The number of nitrogens with zero attached hydrogens (tertiary/aromatic N) is 7. The molecule has 1 aromatic carbocycles. The largest absolute Gasteiger partial charge is 0.493 e. The van der Waals surface area contributed by atoms with Gasteiger partial charge in [0.15, 0.2) is 28.8 Å². The van der Waals surface area contributed by atoms with Gasteiger partial charge in [-0.15, -0.1) is 0 Å². The molecule has 11 nitrogen and oxygen atoms in total. The fourth-order valence-corrected chi connectivity index (χ4v) is 3.63. The number of benzene rings is 1. The molecule has 0 N–H and O–H groups in total. The Balaban J connectivity index is 2.01. The van der Waals surface area contributed by atoms with Gasteiger partial charge in [-0.1, -0.05) is 5.18 Å². The molecule has 1 unspecified atom stereocenters. The predicted octanol–water partition coefficient (Wildman–Crippen LogP) is 3.14. The molecule has 0 aliphatic heterocycles. The molecular weight excluding hydrogens is 476 g/mol. The molecule has 0 radical (unpaired) electrons. The highest BCUT2D eigenvalue weighted by Gasteiger charge is 2.21. The Bertz CT molecular complexity index is 1460. The van der Waals surface area contributed by atoms with Crippen molar-refractivity contribution in [1.82, 2.24) is 24.3 Å². The van der Waals surface area contributed by atoms with Crippen molar-refractivity contribution in [2.24, 2.45) is 17.2 Å². The van der Waals surface area contributed by atoms with E-state index in [4.69, 9.17) is 14.2 Å². The quantitative estimate of drug-likeness (QED) is 0.325. The van der Waals surface area contributed by atoms with Gasteiger partial charge in [0.1, 0.15) is 22.7 Å². The second-order valence-corrected chi connectivity index (χ2v) is 7.75. The predicted molar refractivity (Wildman–Crippen MR) is 126 cm³/mol. The van der Waals surface area contributed by atoms with E-state index in [1.165, 1.54) is 32.0 Å². The van der Waals surface area contributed by atoms with Gasteiger partial charge in [0.25, 0.3) is 0 Å². The van der Waals surface area contributed by atoms with Gasteiger partial charge in [0.2, 0.25) is 0 Å². The molecule has 0 aliphatic carbocycles. The van der Waals surface area contributed by atoms with E-state index in [0.29, 0.717) is 22.4 Å². The Morgan fingerprint density at radius 3 is 2.39 bits per heavy atom. The van der Waals surface area contributed by atoms with Crippen LogP contribution in [-0.4, -0.2) is 58.3 Å². The summed E-state index contributed by atoms with van der Waals surface area (Å²) in [6.45, 7) is -0.0270. The lowest BCUT2D eigenvalue weighted by Gasteiger charge is -2.15. The lowest BCUT2D eigenvalue weighted by atomic mass is 10.2. The van der Waals surface area contributed by atoms with E-state index in [1.54, 1.807) is 36.4 Å². The highest BCUT2D eigenvalue weighted by atomic mass is 19.1. The molecule has 0 spiro atoms. The Morgan fingerprint density at radius 1 is 1.08 bits per heavy atom. The summed E-state index contributed by atoms with van der Waals surface area (Å²) >= 11 is 0. The maximum atomic E-state index is 15.1. The van der Waals surface area contributed by atoms with Crippen molar-refractivity contribution in [3.63, 3.8) is 0 Å². The van der Waals surface area contributed by atoms with Gasteiger partial charge >= 0.3 is 0 Å². The van der Waals surface area contributed by atoms with Crippen molar-refractivity contribution in [3.8, 4) is 22.8 Å². The SMILES string of the molecule is COCC(Cn1c(=Nc2c(F)c(OC)cc(OC)c2F)ccc2ncc(-c3cnn(C)c3)nc21)N=O. The molecular formula is C23H23F2N7O4. The van der Waals surface area contributed by atoms with Gasteiger partial charge in [-0.2, -0.15) is 10.0 Å². The maximum Gasteiger partial charge on any atom is 0.193 e. The van der Waals surface area contributed by atoms with Crippen LogP contribution in [-0.2, 0) is 18.3 Å². The second kappa shape index (κ2) is 10.6. The summed E-state index contributed by atoms with van der Waals surface area (Å²) in [6, 6.07) is 3.38. The van der Waals surface area contributed by atoms with Crippen LogP contribution in [0.15, 0.2) is 47.0 Å². The van der Waals surface area contributed by atoms with Crippen LogP contribution < -0.4 is 15.0 Å². The number of fused-ring (bicyclic) bond motifs is 1. The van der Waals surface area contributed by atoms with Gasteiger partial charge in [-0.3, -0.25) is 9.67 Å². The van der Waals surface area contributed by atoms with Crippen molar-refractivity contribution < 1.29 is 23.0 Å². The highest BCUT2D eigenvalue weighted by molar-refractivity contribution is 5.73. The van der Waals surface area contributed by atoms with E-state index in [1.807, 2.05) is 0 Å². The number of pyridine rings is 1. The van der Waals surface area contributed by atoms with Crippen molar-refractivity contribution in [2.75, 3.05) is 27.9 Å². The molecule has 0 amide bonds. The van der Waals surface area contributed by atoms with E-state index in [-0.39, 0.29) is 30.1 Å². The van der Waals surface area contributed by atoms with Gasteiger partial charge in [0, 0.05) is 32.0 Å². The summed E-state index contributed by atoms with van der Waals surface area (Å²) in [5, 5.41) is 7.27. The number of nitroso groups, excluding NO2 is 1. The molecule has 4 rings (SSSR count). The number of methoxy groups -OCH3 is 3. The first kappa shape index (κ1) is 24.9. The fourth-order valence-electron chi connectivity index (χ4n) is 3.63. The van der Waals surface area contributed by atoms with Crippen molar-refractivity contribution in [3.05, 3.63) is 58.8 Å². The summed E-state index contributed by atoms with van der Waals surface area (Å²) in [6.07, 6.45) is 4.97. The number of aryl methyl sites for hydroxylation is 1. The third-order valence-electron chi connectivity index (χ3n) is 5.38. The Morgan fingerprint density at radius 2 is 1.81 bits per heavy atom. The third kappa shape index (κ3) is 4.77. The molecule has 4 aromatic rings. The van der Waals surface area contributed by atoms with Crippen molar-refractivity contribution in [1.29, 1.82) is 0 Å². The molecule has 3 aromatic heterocycles. The number of ether oxygens (including phenoxy) is 3. The normalized spacial score (nSPS) is 12.7. The molecule has 1 atom stereocenters. The van der Waals surface area contributed by atoms with Crippen LogP contribution >= 0.6 is 0 Å². The lowest BCUT2D eigenvalue weighted by molar-refractivity contribution is 0.174. The molecule has 0 fully saturated rings. The van der Waals surface area contributed by atoms with E-state index >= 15 is 8.78 Å². The second-order valence-electron chi connectivity index (χ2n) is 7.75. The zero-order valence-electron chi connectivity index (χ0n) is 20.0. The summed E-state index contributed by atoms with van der Waals surface area (Å²) in [4.78, 5) is 24.9. The van der Waals surface area contributed by atoms with E-state index in [9.17, 15) is 4.91 Å². The summed E-state index contributed by atoms with van der Waals surface area (Å²) < 4.78 is 48.4. The van der Waals surface area contributed by atoms with Crippen LogP contribution in [0.25, 0.3) is 22.4 Å². The summed E-state index contributed by atoms with van der Waals surface area (Å²) in [5.41, 5.74) is 1.46. The molecule has 0 aliphatic rings. The van der Waals surface area contributed by atoms with Gasteiger partial charge < -0.3 is 18.8 Å². The lowest BCUT2D eigenvalue weighted by Crippen LogP contribution is -2.29. The molecule has 0 saturated carbocycles. The monoisotopic (exact) mass is 499 g/mol. The highest BCUT2D eigenvalue weighted by Crippen LogP contribution is 2.36. The van der Waals surface area contributed by atoms with Gasteiger partial charge in [-0.25, -0.2) is 18.8 Å². The molecule has 188 valence electrons. The average Bonchev–Trinajstić information content (AvgIpc) is 3.33. The topological polar surface area (TPSA) is 118 Å². The molecule has 3 heterocycles. The average molecular weight is 499 g/mol. The number of hydrogen-bond acceptors (Lipinski definition) is 9. The number of aromatic nitrogens is 5. The first-order chi connectivity index (χ1) is 17.4. The Labute approximate surface area is 204 Å². The van der Waals surface area contributed by atoms with Crippen LogP contribution in [0.3, 0.4) is 0 Å². The zero-order valence-corrected chi connectivity index (χ0v) is 20.0. The van der Waals surface area contributed by atoms with Crippen LogP contribution in [0.2, 0.25) is 0 Å². The maximum absolute atomic E-state index is 15.1. The van der Waals surface area contributed by atoms with E-state index in [2.05, 4.69) is 25.2 Å². The van der Waals surface area contributed by atoms with Gasteiger partial charge in [0.05, 0.1) is 45.5 Å². The zero-order chi connectivity index (χ0) is 25.8. The number of hydrogen-bond donors (Lipinski definition) is 0. The van der Waals surface area contributed by atoms with Crippen molar-refractivity contribution in [2.45, 2.75) is 12.6 Å². The molecule has 13 heteroatoms. The Hall–Kier alpha value is -4.26.